The fraction of sp³-hybridized carbons (Fsp3) is 0.167. The molecule has 1 unspecified atom stereocenters. The Kier molecular flexibility index (Phi) is 3.66. The minimum absolute atomic E-state index is 0.121. The van der Waals surface area contributed by atoms with E-state index in [9.17, 15) is 14.0 Å². The molecule has 1 aromatic rings. The van der Waals surface area contributed by atoms with Crippen LogP contribution in [0.25, 0.3) is 0 Å². The van der Waals surface area contributed by atoms with Gasteiger partial charge in [0.15, 0.2) is 5.92 Å². The Morgan fingerprint density at radius 3 is 2.68 bits per heavy atom. The van der Waals surface area contributed by atoms with E-state index in [1.807, 2.05) is 0 Å². The predicted molar refractivity (Wildman–Crippen MR) is 72.4 cm³/mol. The number of halogens is 1. The Morgan fingerprint density at radius 2 is 2.05 bits per heavy atom. The van der Waals surface area contributed by atoms with E-state index in [2.05, 4.69) is 10.3 Å². The van der Waals surface area contributed by atoms with Crippen LogP contribution in [0.15, 0.2) is 29.3 Å². The molecule has 1 N–H and O–H groups in total. The molecule has 1 aliphatic rings. The number of rotatable bonds is 2. The molecule has 98 valence electrons. The van der Waals surface area contributed by atoms with E-state index in [4.69, 9.17) is 12.2 Å². The van der Waals surface area contributed by atoms with Gasteiger partial charge >= 0.3 is 0 Å². The standard InChI is InChI=1S/C12H10FN3O2S/c1-16-11(18)9(6-14-12(16)19)10(17)15-8-4-2-7(13)3-5-8/h2-6,9H,1H3,(H,15,17). The fourth-order valence-corrected chi connectivity index (χ4v) is 1.68. The largest absolute Gasteiger partial charge is 0.325 e. The minimum atomic E-state index is -1.03. The molecule has 5 nitrogen and oxygen atoms in total. The summed E-state index contributed by atoms with van der Waals surface area (Å²) in [6, 6.07) is 5.25. The second kappa shape index (κ2) is 5.23. The molecule has 1 heterocycles. The van der Waals surface area contributed by atoms with Crippen LogP contribution in [0.4, 0.5) is 10.1 Å². The van der Waals surface area contributed by atoms with Gasteiger partial charge in [-0.15, -0.1) is 0 Å². The van der Waals surface area contributed by atoms with Gasteiger partial charge in [-0.2, -0.15) is 0 Å². The SMILES string of the molecule is CN1C(=O)C(C(=O)Nc2ccc(F)cc2)C=NC1=S. The van der Waals surface area contributed by atoms with Crippen molar-refractivity contribution >= 4 is 41.0 Å². The third-order valence-electron chi connectivity index (χ3n) is 2.61. The smallest absolute Gasteiger partial charge is 0.246 e. The number of carbonyl (C=O) groups excluding carboxylic acids is 2. The summed E-state index contributed by atoms with van der Waals surface area (Å²) in [6.07, 6.45) is 1.21. The number of nitrogens with zero attached hydrogens (tertiary/aromatic N) is 2. The van der Waals surface area contributed by atoms with Gasteiger partial charge in [0.2, 0.25) is 16.9 Å². The van der Waals surface area contributed by atoms with E-state index in [-0.39, 0.29) is 5.11 Å². The first-order chi connectivity index (χ1) is 8.99. The van der Waals surface area contributed by atoms with E-state index in [1.165, 1.54) is 37.5 Å². The first-order valence-corrected chi connectivity index (χ1v) is 5.82. The lowest BCUT2D eigenvalue weighted by molar-refractivity contribution is -0.133. The van der Waals surface area contributed by atoms with Crippen molar-refractivity contribution in [3.05, 3.63) is 30.1 Å². The van der Waals surface area contributed by atoms with Crippen LogP contribution in [0.2, 0.25) is 0 Å². The zero-order valence-corrected chi connectivity index (χ0v) is 10.8. The Hall–Kier alpha value is -2.15. The average molecular weight is 279 g/mol. The Morgan fingerprint density at radius 1 is 1.42 bits per heavy atom. The van der Waals surface area contributed by atoms with Gasteiger partial charge < -0.3 is 5.32 Å². The van der Waals surface area contributed by atoms with Crippen molar-refractivity contribution in [3.63, 3.8) is 0 Å². The number of amides is 2. The molecule has 1 aromatic carbocycles. The molecular formula is C12H10FN3O2S. The van der Waals surface area contributed by atoms with E-state index in [0.717, 1.165) is 4.90 Å². The van der Waals surface area contributed by atoms with Gasteiger partial charge in [0.05, 0.1) is 0 Å². The van der Waals surface area contributed by atoms with Crippen molar-refractivity contribution in [1.82, 2.24) is 4.90 Å². The Balaban J connectivity index is 2.12. The average Bonchev–Trinajstić information content (AvgIpc) is 2.39. The van der Waals surface area contributed by atoms with Gasteiger partial charge in [0.25, 0.3) is 0 Å². The molecule has 0 fully saturated rings. The number of thiocarbonyl (C=S) groups is 1. The number of nitrogens with one attached hydrogen (secondary N) is 1. The summed E-state index contributed by atoms with van der Waals surface area (Å²) in [5.74, 6) is -2.41. The van der Waals surface area contributed by atoms with E-state index >= 15 is 0 Å². The highest BCUT2D eigenvalue weighted by atomic mass is 32.1. The molecule has 19 heavy (non-hydrogen) atoms. The maximum Gasteiger partial charge on any atom is 0.246 e. The van der Waals surface area contributed by atoms with Gasteiger partial charge in [-0.1, -0.05) is 0 Å². The maximum absolute atomic E-state index is 12.7. The van der Waals surface area contributed by atoms with Crippen molar-refractivity contribution < 1.29 is 14.0 Å². The van der Waals surface area contributed by atoms with Crippen LogP contribution in [0.3, 0.4) is 0 Å². The molecule has 0 aliphatic carbocycles. The molecule has 0 saturated heterocycles. The van der Waals surface area contributed by atoms with Gasteiger partial charge in [-0.05, 0) is 36.5 Å². The second-order valence-electron chi connectivity index (χ2n) is 3.93. The van der Waals surface area contributed by atoms with Gasteiger partial charge in [0.1, 0.15) is 5.82 Å². The van der Waals surface area contributed by atoms with Gasteiger partial charge in [0, 0.05) is 18.9 Å². The lowest BCUT2D eigenvalue weighted by atomic mass is 10.1. The van der Waals surface area contributed by atoms with Crippen LogP contribution in [-0.2, 0) is 9.59 Å². The molecule has 0 bridgehead atoms. The topological polar surface area (TPSA) is 61.8 Å². The van der Waals surface area contributed by atoms with Crippen molar-refractivity contribution in [2.45, 2.75) is 0 Å². The van der Waals surface area contributed by atoms with Crippen LogP contribution in [0.5, 0.6) is 0 Å². The molecule has 1 atom stereocenters. The monoisotopic (exact) mass is 279 g/mol. The van der Waals surface area contributed by atoms with Crippen LogP contribution in [-0.4, -0.2) is 35.1 Å². The Bertz CT molecular complexity index is 571. The summed E-state index contributed by atoms with van der Waals surface area (Å²) in [7, 11) is 1.46. The Labute approximate surface area is 114 Å². The zero-order valence-electron chi connectivity index (χ0n) is 9.96. The highest BCUT2D eigenvalue weighted by Crippen LogP contribution is 2.13. The fourth-order valence-electron chi connectivity index (χ4n) is 1.52. The number of benzene rings is 1. The van der Waals surface area contributed by atoms with E-state index in [0.29, 0.717) is 5.69 Å². The maximum atomic E-state index is 12.7. The highest BCUT2D eigenvalue weighted by molar-refractivity contribution is 7.80. The van der Waals surface area contributed by atoms with Crippen molar-refractivity contribution in [2.24, 2.45) is 10.9 Å². The number of hydrogen-bond acceptors (Lipinski definition) is 3. The summed E-state index contributed by atoms with van der Waals surface area (Å²) < 4.78 is 12.7. The second-order valence-corrected chi connectivity index (χ2v) is 4.30. The van der Waals surface area contributed by atoms with Gasteiger partial charge in [-0.3, -0.25) is 14.5 Å². The molecule has 7 heteroatoms. The van der Waals surface area contributed by atoms with Crippen LogP contribution < -0.4 is 5.32 Å². The summed E-state index contributed by atoms with van der Waals surface area (Å²) in [6.45, 7) is 0. The lowest BCUT2D eigenvalue weighted by Gasteiger charge is -2.23. The molecule has 0 radical (unpaired) electrons. The van der Waals surface area contributed by atoms with Gasteiger partial charge in [-0.25, -0.2) is 9.38 Å². The van der Waals surface area contributed by atoms with E-state index < -0.39 is 23.5 Å². The zero-order chi connectivity index (χ0) is 14.0. The summed E-state index contributed by atoms with van der Waals surface area (Å²) in [4.78, 5) is 28.7. The number of carbonyl (C=O) groups is 2. The predicted octanol–water partition coefficient (Wildman–Crippen LogP) is 1.21. The molecule has 0 aromatic heterocycles. The molecule has 0 spiro atoms. The molecule has 2 rings (SSSR count). The van der Waals surface area contributed by atoms with Crippen LogP contribution in [0.1, 0.15) is 0 Å². The number of aliphatic imine (C=N–C) groups is 1. The summed E-state index contributed by atoms with van der Waals surface area (Å²) >= 11 is 4.82. The van der Waals surface area contributed by atoms with Crippen molar-refractivity contribution in [1.29, 1.82) is 0 Å². The molecular weight excluding hydrogens is 269 g/mol. The van der Waals surface area contributed by atoms with Crippen molar-refractivity contribution in [3.8, 4) is 0 Å². The number of hydrogen-bond donors (Lipinski definition) is 1. The number of anilines is 1. The normalized spacial score (nSPS) is 18.6. The third kappa shape index (κ3) is 2.82. The first kappa shape index (κ1) is 13.3. The van der Waals surface area contributed by atoms with Crippen molar-refractivity contribution in [2.75, 3.05) is 12.4 Å². The summed E-state index contributed by atoms with van der Waals surface area (Å²) in [5.41, 5.74) is 0.406. The minimum Gasteiger partial charge on any atom is -0.325 e. The quantitative estimate of drug-likeness (QED) is 0.654. The first-order valence-electron chi connectivity index (χ1n) is 5.41. The highest BCUT2D eigenvalue weighted by Gasteiger charge is 2.32. The molecule has 0 saturated carbocycles. The van der Waals surface area contributed by atoms with Crippen LogP contribution >= 0.6 is 12.2 Å². The molecule has 1 aliphatic heterocycles. The molecule has 2 amide bonds. The summed E-state index contributed by atoms with van der Waals surface area (Å²) in [5, 5.41) is 2.64. The van der Waals surface area contributed by atoms with E-state index in [1.54, 1.807) is 0 Å². The third-order valence-corrected chi connectivity index (χ3v) is 2.99. The lowest BCUT2D eigenvalue weighted by Crippen LogP contribution is -2.45. The van der Waals surface area contributed by atoms with Crippen LogP contribution in [0, 0.1) is 11.7 Å².